The van der Waals surface area contributed by atoms with E-state index in [1.807, 2.05) is 0 Å². The van der Waals surface area contributed by atoms with Gasteiger partial charge in [0.1, 0.15) is 0 Å². The summed E-state index contributed by atoms with van der Waals surface area (Å²) in [5.74, 6) is -0.464. The third-order valence-electron chi connectivity index (χ3n) is 3.04. The van der Waals surface area contributed by atoms with Crippen molar-refractivity contribution in [1.29, 1.82) is 0 Å². The van der Waals surface area contributed by atoms with Crippen molar-refractivity contribution in [2.75, 3.05) is 7.11 Å². The molecule has 0 spiro atoms. The van der Waals surface area contributed by atoms with Gasteiger partial charge in [-0.3, -0.25) is 14.9 Å². The largest absolute Gasteiger partial charge is 0.468 e. The molecule has 0 heterocycles. The van der Waals surface area contributed by atoms with E-state index >= 15 is 0 Å². The monoisotopic (exact) mass is 237 g/mol. The molecule has 1 aromatic rings. The number of benzene rings is 1. The molecule has 0 aliphatic carbocycles. The van der Waals surface area contributed by atoms with Crippen molar-refractivity contribution < 1.29 is 14.5 Å². The summed E-state index contributed by atoms with van der Waals surface area (Å²) in [5, 5.41) is 10.9. The van der Waals surface area contributed by atoms with Crippen molar-refractivity contribution in [2.24, 2.45) is 0 Å². The van der Waals surface area contributed by atoms with E-state index < -0.39 is 16.3 Å². The lowest BCUT2D eigenvalue weighted by Crippen LogP contribution is -2.33. The van der Waals surface area contributed by atoms with Gasteiger partial charge in [0.25, 0.3) is 5.69 Å². The van der Waals surface area contributed by atoms with Gasteiger partial charge in [-0.1, -0.05) is 25.1 Å². The van der Waals surface area contributed by atoms with Gasteiger partial charge < -0.3 is 4.74 Å². The molecule has 1 atom stereocenters. The maximum atomic E-state index is 11.8. The van der Waals surface area contributed by atoms with E-state index in [9.17, 15) is 14.9 Å². The smallest absolute Gasteiger partial charge is 0.316 e. The van der Waals surface area contributed by atoms with Gasteiger partial charge in [-0.25, -0.2) is 0 Å². The molecule has 1 unspecified atom stereocenters. The van der Waals surface area contributed by atoms with Crippen molar-refractivity contribution in [3.8, 4) is 0 Å². The van der Waals surface area contributed by atoms with Crippen LogP contribution in [0.4, 0.5) is 5.69 Å². The summed E-state index contributed by atoms with van der Waals surface area (Å²) in [7, 11) is 1.28. The molecule has 0 saturated carbocycles. The Balaban J connectivity index is 3.39. The average molecular weight is 237 g/mol. The molecular weight excluding hydrogens is 222 g/mol. The van der Waals surface area contributed by atoms with Crippen molar-refractivity contribution in [2.45, 2.75) is 25.7 Å². The Morgan fingerprint density at radius 2 is 2.06 bits per heavy atom. The summed E-state index contributed by atoms with van der Waals surface area (Å²) >= 11 is 0. The zero-order valence-electron chi connectivity index (χ0n) is 10.1. The van der Waals surface area contributed by atoms with Gasteiger partial charge >= 0.3 is 5.97 Å². The van der Waals surface area contributed by atoms with Gasteiger partial charge in [-0.05, 0) is 13.3 Å². The van der Waals surface area contributed by atoms with E-state index in [0.717, 1.165) is 0 Å². The Labute approximate surface area is 99.5 Å². The molecule has 0 radical (unpaired) electrons. The molecule has 0 aliphatic rings. The molecule has 92 valence electrons. The second kappa shape index (κ2) is 4.95. The second-order valence-electron chi connectivity index (χ2n) is 3.95. The van der Waals surface area contributed by atoms with Crippen LogP contribution in [0.15, 0.2) is 24.3 Å². The minimum Gasteiger partial charge on any atom is -0.468 e. The van der Waals surface area contributed by atoms with Crippen molar-refractivity contribution in [3.63, 3.8) is 0 Å². The first-order valence-corrected chi connectivity index (χ1v) is 5.29. The minimum absolute atomic E-state index is 0.0535. The Hall–Kier alpha value is -1.91. The molecule has 1 aromatic carbocycles. The SMILES string of the molecule is CCC(C)(C(=O)OC)c1ccccc1[N+](=O)[O-]. The number of hydrogen-bond donors (Lipinski definition) is 0. The van der Waals surface area contributed by atoms with Gasteiger partial charge in [-0.15, -0.1) is 0 Å². The molecular formula is C12H15NO4. The van der Waals surface area contributed by atoms with Crippen LogP contribution >= 0.6 is 0 Å². The lowest BCUT2D eigenvalue weighted by Gasteiger charge is -2.25. The van der Waals surface area contributed by atoms with E-state index in [1.165, 1.54) is 13.2 Å². The first-order valence-electron chi connectivity index (χ1n) is 5.29. The van der Waals surface area contributed by atoms with Crippen LogP contribution in [-0.4, -0.2) is 18.0 Å². The second-order valence-corrected chi connectivity index (χ2v) is 3.95. The lowest BCUT2D eigenvalue weighted by molar-refractivity contribution is -0.386. The van der Waals surface area contributed by atoms with Crippen molar-refractivity contribution in [1.82, 2.24) is 0 Å². The van der Waals surface area contributed by atoms with Crippen LogP contribution in [0.3, 0.4) is 0 Å². The molecule has 5 nitrogen and oxygen atoms in total. The maximum absolute atomic E-state index is 11.8. The van der Waals surface area contributed by atoms with E-state index in [0.29, 0.717) is 12.0 Å². The zero-order chi connectivity index (χ0) is 13.1. The fraction of sp³-hybridized carbons (Fsp3) is 0.417. The predicted molar refractivity (Wildman–Crippen MR) is 62.8 cm³/mol. The molecule has 0 amide bonds. The summed E-state index contributed by atoms with van der Waals surface area (Å²) in [5.41, 5.74) is -0.653. The molecule has 0 aromatic heterocycles. The normalized spacial score (nSPS) is 13.8. The highest BCUT2D eigenvalue weighted by molar-refractivity contribution is 5.84. The van der Waals surface area contributed by atoms with Crippen LogP contribution in [0, 0.1) is 10.1 Å². The fourth-order valence-corrected chi connectivity index (χ4v) is 1.77. The number of hydrogen-bond acceptors (Lipinski definition) is 4. The lowest BCUT2D eigenvalue weighted by atomic mass is 9.79. The van der Waals surface area contributed by atoms with Crippen LogP contribution in [0.25, 0.3) is 0 Å². The molecule has 0 bridgehead atoms. The van der Waals surface area contributed by atoms with Gasteiger partial charge in [0, 0.05) is 11.6 Å². The fourth-order valence-electron chi connectivity index (χ4n) is 1.77. The highest BCUT2D eigenvalue weighted by atomic mass is 16.6. The van der Waals surface area contributed by atoms with Gasteiger partial charge in [0.15, 0.2) is 0 Å². The Kier molecular flexibility index (Phi) is 3.83. The summed E-state index contributed by atoms with van der Waals surface area (Å²) in [6.07, 6.45) is 0.435. The number of nitro groups is 1. The van der Waals surface area contributed by atoms with Crippen molar-refractivity contribution >= 4 is 11.7 Å². The van der Waals surface area contributed by atoms with Gasteiger partial charge in [0.2, 0.25) is 0 Å². The Morgan fingerprint density at radius 1 is 1.47 bits per heavy atom. The molecule has 0 aliphatic heterocycles. The highest BCUT2D eigenvalue weighted by Gasteiger charge is 2.39. The van der Waals surface area contributed by atoms with E-state index in [2.05, 4.69) is 0 Å². The number of methoxy groups -OCH3 is 1. The van der Waals surface area contributed by atoms with Crippen LogP contribution in [0.1, 0.15) is 25.8 Å². The molecule has 0 saturated heterocycles. The third-order valence-corrected chi connectivity index (χ3v) is 3.04. The minimum atomic E-state index is -0.988. The van der Waals surface area contributed by atoms with E-state index in [-0.39, 0.29) is 5.69 Å². The Morgan fingerprint density at radius 3 is 2.53 bits per heavy atom. The molecule has 0 N–H and O–H groups in total. The number of nitrogens with zero attached hydrogens (tertiary/aromatic N) is 1. The van der Waals surface area contributed by atoms with Crippen LogP contribution < -0.4 is 0 Å². The summed E-state index contributed by atoms with van der Waals surface area (Å²) in [6.45, 7) is 3.45. The first-order chi connectivity index (χ1) is 7.97. The number of nitro benzene ring substituents is 1. The van der Waals surface area contributed by atoms with Crippen molar-refractivity contribution in [3.05, 3.63) is 39.9 Å². The van der Waals surface area contributed by atoms with Gasteiger partial charge in [0.05, 0.1) is 17.4 Å². The quantitative estimate of drug-likeness (QED) is 0.458. The number of ether oxygens (including phenoxy) is 1. The number of carbonyl (C=O) groups is 1. The molecule has 17 heavy (non-hydrogen) atoms. The van der Waals surface area contributed by atoms with Crippen LogP contribution in [0.2, 0.25) is 0 Å². The number of rotatable bonds is 4. The zero-order valence-corrected chi connectivity index (χ0v) is 10.1. The van der Waals surface area contributed by atoms with Crippen LogP contribution in [0.5, 0.6) is 0 Å². The summed E-state index contributed by atoms with van der Waals surface area (Å²) < 4.78 is 4.73. The third kappa shape index (κ3) is 2.27. The molecule has 1 rings (SSSR count). The number of esters is 1. The predicted octanol–water partition coefficient (Wildman–Crippen LogP) is 2.44. The highest BCUT2D eigenvalue weighted by Crippen LogP contribution is 2.35. The standard InChI is InChI=1S/C12H15NO4/c1-4-12(2,11(14)17-3)9-7-5-6-8-10(9)13(15)16/h5-8H,4H2,1-3H3. The van der Waals surface area contributed by atoms with Crippen LogP contribution in [-0.2, 0) is 14.9 Å². The number of para-hydroxylation sites is 1. The van der Waals surface area contributed by atoms with E-state index in [4.69, 9.17) is 4.74 Å². The Bertz CT molecular complexity index is 444. The summed E-state index contributed by atoms with van der Waals surface area (Å²) in [4.78, 5) is 22.3. The molecule has 0 fully saturated rings. The number of carbonyl (C=O) groups excluding carboxylic acids is 1. The summed E-state index contributed by atoms with van der Waals surface area (Å²) in [6, 6.07) is 6.25. The van der Waals surface area contributed by atoms with E-state index in [1.54, 1.807) is 32.0 Å². The first kappa shape index (κ1) is 13.2. The maximum Gasteiger partial charge on any atom is 0.316 e. The average Bonchev–Trinajstić information content (AvgIpc) is 2.36. The van der Waals surface area contributed by atoms with Gasteiger partial charge in [-0.2, -0.15) is 0 Å². The topological polar surface area (TPSA) is 69.4 Å². The molecule has 5 heteroatoms.